The Morgan fingerprint density at radius 3 is 2.32 bits per heavy atom. The van der Waals surface area contributed by atoms with Gasteiger partial charge < -0.3 is 4.90 Å². The smallest absolute Gasteiger partial charge is 0.00479 e. The summed E-state index contributed by atoms with van der Waals surface area (Å²) in [7, 11) is 2.22. The van der Waals surface area contributed by atoms with Gasteiger partial charge in [0.05, 0.1) is 0 Å². The summed E-state index contributed by atoms with van der Waals surface area (Å²) in [4.78, 5) is 2.43. The van der Waals surface area contributed by atoms with Gasteiger partial charge in [0, 0.05) is 6.54 Å². The van der Waals surface area contributed by atoms with Crippen LogP contribution < -0.4 is 0 Å². The molecule has 0 spiro atoms. The van der Waals surface area contributed by atoms with Gasteiger partial charge in [0.1, 0.15) is 0 Å². The predicted molar refractivity (Wildman–Crippen MR) is 81.5 cm³/mol. The quantitative estimate of drug-likeness (QED) is 0.777. The molecular formula is C18H21N. The van der Waals surface area contributed by atoms with Crippen molar-refractivity contribution >= 4 is 0 Å². The summed E-state index contributed by atoms with van der Waals surface area (Å²) in [5, 5.41) is 0. The standard InChI is InChI=1S/C18H21N/c1-14-7-3-4-8-16(14)18-10-6-5-9-17(18)15-11-12-19(2)13-15/h3-10,15H,11-13H2,1-2H3. The highest BCUT2D eigenvalue weighted by Crippen LogP contribution is 2.35. The molecular weight excluding hydrogens is 230 g/mol. The normalized spacial score (nSPS) is 19.8. The largest absolute Gasteiger partial charge is 0.306 e. The fraction of sp³-hybridized carbons (Fsp3) is 0.333. The van der Waals surface area contributed by atoms with Gasteiger partial charge in [-0.1, -0.05) is 48.5 Å². The number of likely N-dealkylation sites (N-methyl/N-ethyl adjacent to an activating group) is 1. The van der Waals surface area contributed by atoms with E-state index >= 15 is 0 Å². The molecule has 1 nitrogen and oxygen atoms in total. The van der Waals surface area contributed by atoms with Crippen LogP contribution in [0.2, 0.25) is 0 Å². The van der Waals surface area contributed by atoms with Gasteiger partial charge in [0.15, 0.2) is 0 Å². The Balaban J connectivity index is 2.05. The van der Waals surface area contributed by atoms with Crippen molar-refractivity contribution in [1.82, 2.24) is 4.90 Å². The SMILES string of the molecule is Cc1ccccc1-c1ccccc1C1CCN(C)C1. The van der Waals surface area contributed by atoms with Gasteiger partial charge >= 0.3 is 0 Å². The second kappa shape index (κ2) is 5.18. The molecule has 2 aromatic carbocycles. The first-order valence-corrected chi connectivity index (χ1v) is 7.09. The lowest BCUT2D eigenvalue weighted by Crippen LogP contribution is -2.13. The average molecular weight is 251 g/mol. The minimum atomic E-state index is 0.681. The maximum absolute atomic E-state index is 2.43. The Morgan fingerprint density at radius 1 is 0.947 bits per heavy atom. The van der Waals surface area contributed by atoms with Crippen molar-refractivity contribution in [3.63, 3.8) is 0 Å². The Morgan fingerprint density at radius 2 is 1.63 bits per heavy atom. The minimum Gasteiger partial charge on any atom is -0.306 e. The van der Waals surface area contributed by atoms with E-state index in [4.69, 9.17) is 0 Å². The molecule has 1 heteroatoms. The molecule has 3 rings (SSSR count). The van der Waals surface area contributed by atoms with Gasteiger partial charge in [0.25, 0.3) is 0 Å². The summed E-state index contributed by atoms with van der Waals surface area (Å²) < 4.78 is 0. The van der Waals surface area contributed by atoms with Crippen molar-refractivity contribution in [1.29, 1.82) is 0 Å². The van der Waals surface area contributed by atoms with Crippen LogP contribution in [0.3, 0.4) is 0 Å². The van der Waals surface area contributed by atoms with Crippen molar-refractivity contribution in [3.8, 4) is 11.1 Å². The predicted octanol–water partition coefficient (Wildman–Crippen LogP) is 4.08. The van der Waals surface area contributed by atoms with Crippen LogP contribution in [-0.2, 0) is 0 Å². The molecule has 0 bridgehead atoms. The lowest BCUT2D eigenvalue weighted by atomic mass is 9.88. The molecule has 1 unspecified atom stereocenters. The highest BCUT2D eigenvalue weighted by Gasteiger charge is 2.23. The van der Waals surface area contributed by atoms with Crippen molar-refractivity contribution in [2.45, 2.75) is 19.3 Å². The van der Waals surface area contributed by atoms with Crippen molar-refractivity contribution in [3.05, 3.63) is 59.7 Å². The van der Waals surface area contributed by atoms with E-state index in [1.807, 2.05) is 0 Å². The average Bonchev–Trinajstić information content (AvgIpc) is 2.86. The minimum absolute atomic E-state index is 0.681. The van der Waals surface area contributed by atoms with Crippen LogP contribution in [0.5, 0.6) is 0 Å². The number of rotatable bonds is 2. The molecule has 1 heterocycles. The van der Waals surface area contributed by atoms with Gasteiger partial charge in [-0.15, -0.1) is 0 Å². The Hall–Kier alpha value is -1.60. The lowest BCUT2D eigenvalue weighted by molar-refractivity contribution is 0.411. The first kappa shape index (κ1) is 12.4. The maximum Gasteiger partial charge on any atom is 0.00479 e. The van der Waals surface area contributed by atoms with Crippen LogP contribution in [0.15, 0.2) is 48.5 Å². The Kier molecular flexibility index (Phi) is 3.39. The zero-order valence-electron chi connectivity index (χ0n) is 11.8. The molecule has 0 radical (unpaired) electrons. The maximum atomic E-state index is 2.43. The number of likely N-dealkylation sites (tertiary alicyclic amines) is 1. The molecule has 1 aliphatic rings. The number of hydrogen-bond acceptors (Lipinski definition) is 1. The molecule has 1 fully saturated rings. The van der Waals surface area contributed by atoms with Gasteiger partial charge in [0.2, 0.25) is 0 Å². The number of nitrogens with zero attached hydrogens (tertiary/aromatic N) is 1. The zero-order chi connectivity index (χ0) is 13.2. The molecule has 0 N–H and O–H groups in total. The van der Waals surface area contributed by atoms with Crippen LogP contribution in [0, 0.1) is 6.92 Å². The van der Waals surface area contributed by atoms with Crippen molar-refractivity contribution < 1.29 is 0 Å². The molecule has 0 amide bonds. The molecule has 0 saturated carbocycles. The molecule has 0 aliphatic carbocycles. The summed E-state index contributed by atoms with van der Waals surface area (Å²) in [6.07, 6.45) is 1.28. The lowest BCUT2D eigenvalue weighted by Gasteiger charge is -2.17. The summed E-state index contributed by atoms with van der Waals surface area (Å²) in [5.74, 6) is 0.681. The number of benzene rings is 2. The summed E-state index contributed by atoms with van der Waals surface area (Å²) in [6.45, 7) is 4.60. The van der Waals surface area contributed by atoms with Crippen LogP contribution in [0.1, 0.15) is 23.5 Å². The summed E-state index contributed by atoms with van der Waals surface area (Å²) in [5.41, 5.74) is 5.68. The van der Waals surface area contributed by atoms with E-state index in [0.717, 1.165) is 0 Å². The Labute approximate surface area is 115 Å². The van der Waals surface area contributed by atoms with Crippen LogP contribution >= 0.6 is 0 Å². The highest BCUT2D eigenvalue weighted by molar-refractivity contribution is 5.71. The molecule has 0 aromatic heterocycles. The second-order valence-electron chi connectivity index (χ2n) is 5.65. The highest BCUT2D eigenvalue weighted by atomic mass is 15.1. The van der Waals surface area contributed by atoms with E-state index < -0.39 is 0 Å². The van der Waals surface area contributed by atoms with Crippen LogP contribution in [0.25, 0.3) is 11.1 Å². The molecule has 2 aromatic rings. The summed E-state index contributed by atoms with van der Waals surface area (Å²) in [6, 6.07) is 17.6. The fourth-order valence-electron chi connectivity index (χ4n) is 3.16. The third-order valence-corrected chi connectivity index (χ3v) is 4.23. The molecule has 98 valence electrons. The van der Waals surface area contributed by atoms with E-state index in [2.05, 4.69) is 67.4 Å². The molecule has 1 aliphatic heterocycles. The van der Waals surface area contributed by atoms with E-state index in [-0.39, 0.29) is 0 Å². The third-order valence-electron chi connectivity index (χ3n) is 4.23. The topological polar surface area (TPSA) is 3.24 Å². The van der Waals surface area contributed by atoms with Crippen molar-refractivity contribution in [2.75, 3.05) is 20.1 Å². The molecule has 1 saturated heterocycles. The van der Waals surface area contributed by atoms with E-state index in [0.29, 0.717) is 5.92 Å². The van der Waals surface area contributed by atoms with Crippen molar-refractivity contribution in [2.24, 2.45) is 0 Å². The van der Waals surface area contributed by atoms with Gasteiger partial charge in [-0.3, -0.25) is 0 Å². The van der Waals surface area contributed by atoms with Gasteiger partial charge in [-0.05, 0) is 55.1 Å². The van der Waals surface area contributed by atoms with E-state index in [1.165, 1.54) is 41.8 Å². The van der Waals surface area contributed by atoms with E-state index in [9.17, 15) is 0 Å². The third kappa shape index (κ3) is 2.43. The first-order chi connectivity index (χ1) is 9.25. The number of aryl methyl sites for hydroxylation is 1. The molecule has 19 heavy (non-hydrogen) atoms. The summed E-state index contributed by atoms with van der Waals surface area (Å²) >= 11 is 0. The van der Waals surface area contributed by atoms with Gasteiger partial charge in [-0.25, -0.2) is 0 Å². The monoisotopic (exact) mass is 251 g/mol. The Bertz CT molecular complexity index is 573. The second-order valence-corrected chi connectivity index (χ2v) is 5.65. The van der Waals surface area contributed by atoms with Crippen LogP contribution in [-0.4, -0.2) is 25.0 Å². The fourth-order valence-corrected chi connectivity index (χ4v) is 3.16. The van der Waals surface area contributed by atoms with Crippen LogP contribution in [0.4, 0.5) is 0 Å². The van der Waals surface area contributed by atoms with Gasteiger partial charge in [-0.2, -0.15) is 0 Å². The van der Waals surface area contributed by atoms with E-state index in [1.54, 1.807) is 0 Å². The zero-order valence-corrected chi connectivity index (χ0v) is 11.8. The number of hydrogen-bond donors (Lipinski definition) is 0. The first-order valence-electron chi connectivity index (χ1n) is 7.09. The molecule has 1 atom stereocenters.